The van der Waals surface area contributed by atoms with Gasteiger partial charge >= 0.3 is 0 Å². The molecule has 2 aromatic rings. The number of piperidine rings is 1. The molecule has 0 aromatic heterocycles. The van der Waals surface area contributed by atoms with Crippen LogP contribution >= 0.6 is 34.8 Å². The average Bonchev–Trinajstić information content (AvgIpc) is 2.63. The number of anilines is 1. The number of nitrogens with zero attached hydrogens (tertiary/aromatic N) is 1. The molecule has 3 rings (SSSR count). The number of hydrogen-bond donors (Lipinski definition) is 1. The molecular formula is C19H17Cl3N2O2. The summed E-state index contributed by atoms with van der Waals surface area (Å²) in [6.45, 7) is 1.05. The maximum atomic E-state index is 12.5. The van der Waals surface area contributed by atoms with Crippen molar-refractivity contribution in [1.82, 2.24) is 4.90 Å². The summed E-state index contributed by atoms with van der Waals surface area (Å²) in [4.78, 5) is 26.8. The predicted octanol–water partition coefficient (Wildman–Crippen LogP) is 5.14. The van der Waals surface area contributed by atoms with Crippen molar-refractivity contribution in [3.63, 3.8) is 0 Å². The van der Waals surface area contributed by atoms with Gasteiger partial charge in [0.2, 0.25) is 5.91 Å². The van der Waals surface area contributed by atoms with Gasteiger partial charge in [-0.15, -0.1) is 0 Å². The number of halogens is 3. The molecule has 1 saturated heterocycles. The third-order valence-corrected chi connectivity index (χ3v) is 5.20. The third kappa shape index (κ3) is 4.50. The Bertz CT molecular complexity index is 833. The van der Waals surface area contributed by atoms with E-state index in [0.717, 1.165) is 0 Å². The highest BCUT2D eigenvalue weighted by Crippen LogP contribution is 2.27. The molecule has 0 unspecified atom stereocenters. The van der Waals surface area contributed by atoms with Gasteiger partial charge in [-0.25, -0.2) is 0 Å². The van der Waals surface area contributed by atoms with E-state index in [9.17, 15) is 9.59 Å². The zero-order valence-electron chi connectivity index (χ0n) is 13.8. The van der Waals surface area contributed by atoms with Gasteiger partial charge in [-0.05, 0) is 49.2 Å². The molecule has 0 bridgehead atoms. The van der Waals surface area contributed by atoms with Gasteiger partial charge in [-0.3, -0.25) is 9.59 Å². The van der Waals surface area contributed by atoms with Crippen molar-refractivity contribution in [2.24, 2.45) is 5.92 Å². The first-order valence-electron chi connectivity index (χ1n) is 8.25. The number of amides is 2. The first-order valence-corrected chi connectivity index (χ1v) is 9.38. The monoisotopic (exact) mass is 410 g/mol. The van der Waals surface area contributed by atoms with Gasteiger partial charge in [0.1, 0.15) is 0 Å². The normalized spacial score (nSPS) is 15.0. The van der Waals surface area contributed by atoms with Crippen LogP contribution in [0.15, 0.2) is 42.5 Å². The maximum Gasteiger partial charge on any atom is 0.253 e. The smallest absolute Gasteiger partial charge is 0.253 e. The second-order valence-electron chi connectivity index (χ2n) is 6.19. The highest BCUT2D eigenvalue weighted by Gasteiger charge is 2.28. The number of hydrogen-bond acceptors (Lipinski definition) is 2. The van der Waals surface area contributed by atoms with Crippen molar-refractivity contribution in [2.75, 3.05) is 18.4 Å². The topological polar surface area (TPSA) is 49.4 Å². The summed E-state index contributed by atoms with van der Waals surface area (Å²) in [6, 6.07) is 11.8. The highest BCUT2D eigenvalue weighted by atomic mass is 35.5. The molecule has 0 aliphatic carbocycles. The summed E-state index contributed by atoms with van der Waals surface area (Å²) in [5.41, 5.74) is 1.10. The Morgan fingerprint density at radius 3 is 2.31 bits per heavy atom. The molecule has 7 heteroatoms. The van der Waals surface area contributed by atoms with Crippen LogP contribution in [0.5, 0.6) is 0 Å². The molecule has 1 heterocycles. The number of carbonyl (C=O) groups is 2. The van der Waals surface area contributed by atoms with Gasteiger partial charge in [0.05, 0.1) is 10.7 Å². The third-order valence-electron chi connectivity index (χ3n) is 4.41. The lowest BCUT2D eigenvalue weighted by Crippen LogP contribution is -2.41. The Hall–Kier alpha value is -1.75. The van der Waals surface area contributed by atoms with E-state index in [0.29, 0.717) is 52.2 Å². The van der Waals surface area contributed by atoms with Crippen LogP contribution in [-0.4, -0.2) is 29.8 Å². The first-order chi connectivity index (χ1) is 12.4. The molecule has 4 nitrogen and oxygen atoms in total. The SMILES string of the molecule is O=C(Nc1ccc(Cl)cc1Cl)C1CCN(C(=O)c2cccc(Cl)c2)CC1. The predicted molar refractivity (Wildman–Crippen MR) is 105 cm³/mol. The van der Waals surface area contributed by atoms with Crippen molar-refractivity contribution < 1.29 is 9.59 Å². The molecule has 1 N–H and O–H groups in total. The molecule has 0 radical (unpaired) electrons. The second kappa shape index (κ2) is 8.30. The molecule has 1 fully saturated rings. The Morgan fingerprint density at radius 2 is 1.65 bits per heavy atom. The fourth-order valence-corrected chi connectivity index (χ4v) is 3.62. The molecule has 2 aromatic carbocycles. The van der Waals surface area contributed by atoms with Crippen LogP contribution in [0, 0.1) is 5.92 Å². The quantitative estimate of drug-likeness (QED) is 0.760. The second-order valence-corrected chi connectivity index (χ2v) is 7.47. The zero-order valence-corrected chi connectivity index (χ0v) is 16.1. The molecule has 2 amide bonds. The molecule has 1 aliphatic rings. The lowest BCUT2D eigenvalue weighted by Gasteiger charge is -2.31. The van der Waals surface area contributed by atoms with E-state index >= 15 is 0 Å². The van der Waals surface area contributed by atoms with E-state index < -0.39 is 0 Å². The number of carbonyl (C=O) groups excluding carboxylic acids is 2. The van der Waals surface area contributed by atoms with Crippen LogP contribution in [0.2, 0.25) is 15.1 Å². The maximum absolute atomic E-state index is 12.5. The van der Waals surface area contributed by atoms with E-state index in [2.05, 4.69) is 5.32 Å². The van der Waals surface area contributed by atoms with Crippen molar-refractivity contribution in [2.45, 2.75) is 12.8 Å². The highest BCUT2D eigenvalue weighted by molar-refractivity contribution is 6.36. The fraction of sp³-hybridized carbons (Fsp3) is 0.263. The van der Waals surface area contributed by atoms with E-state index in [4.69, 9.17) is 34.8 Å². The van der Waals surface area contributed by atoms with Crippen LogP contribution in [-0.2, 0) is 4.79 Å². The van der Waals surface area contributed by atoms with Gasteiger partial charge in [0.25, 0.3) is 5.91 Å². The van der Waals surface area contributed by atoms with Crippen LogP contribution in [0.3, 0.4) is 0 Å². The van der Waals surface area contributed by atoms with Gasteiger partial charge < -0.3 is 10.2 Å². The van der Waals surface area contributed by atoms with E-state index in [1.807, 2.05) is 0 Å². The summed E-state index contributed by atoms with van der Waals surface area (Å²) in [5.74, 6) is -0.318. The summed E-state index contributed by atoms with van der Waals surface area (Å²) in [7, 11) is 0. The molecule has 136 valence electrons. The Morgan fingerprint density at radius 1 is 0.962 bits per heavy atom. The molecule has 0 atom stereocenters. The number of likely N-dealkylation sites (tertiary alicyclic amines) is 1. The zero-order chi connectivity index (χ0) is 18.7. The molecule has 0 spiro atoms. The molecule has 26 heavy (non-hydrogen) atoms. The Labute approximate surface area is 167 Å². The van der Waals surface area contributed by atoms with Gasteiger partial charge in [0, 0.05) is 34.6 Å². The number of benzene rings is 2. The van der Waals surface area contributed by atoms with Gasteiger partial charge in [-0.2, -0.15) is 0 Å². The van der Waals surface area contributed by atoms with Crippen LogP contribution in [0.1, 0.15) is 23.2 Å². The van der Waals surface area contributed by atoms with Crippen LogP contribution in [0.25, 0.3) is 0 Å². The largest absolute Gasteiger partial charge is 0.339 e. The summed E-state index contributed by atoms with van der Waals surface area (Å²) in [5, 5.41) is 4.29. The van der Waals surface area contributed by atoms with Crippen molar-refractivity contribution in [3.8, 4) is 0 Å². The fourth-order valence-electron chi connectivity index (χ4n) is 2.97. The minimum Gasteiger partial charge on any atom is -0.339 e. The molecule has 1 aliphatic heterocycles. The van der Waals surface area contributed by atoms with Gasteiger partial charge in [-0.1, -0.05) is 40.9 Å². The van der Waals surface area contributed by atoms with E-state index in [-0.39, 0.29) is 17.7 Å². The van der Waals surface area contributed by atoms with Crippen molar-refractivity contribution in [3.05, 3.63) is 63.1 Å². The first kappa shape index (κ1) is 19.0. The molecular weight excluding hydrogens is 395 g/mol. The lowest BCUT2D eigenvalue weighted by atomic mass is 9.95. The minimum atomic E-state index is -0.162. The summed E-state index contributed by atoms with van der Waals surface area (Å²) in [6.07, 6.45) is 1.20. The number of rotatable bonds is 3. The van der Waals surface area contributed by atoms with E-state index in [1.54, 1.807) is 47.4 Å². The molecule has 0 saturated carbocycles. The average molecular weight is 412 g/mol. The van der Waals surface area contributed by atoms with Crippen LogP contribution < -0.4 is 5.32 Å². The van der Waals surface area contributed by atoms with Crippen LogP contribution in [0.4, 0.5) is 5.69 Å². The van der Waals surface area contributed by atoms with E-state index in [1.165, 1.54) is 0 Å². The standard InChI is InChI=1S/C19H17Cl3N2O2/c20-14-3-1-2-13(10-14)19(26)24-8-6-12(7-9-24)18(25)23-17-5-4-15(21)11-16(17)22/h1-5,10-12H,6-9H2,(H,23,25). The van der Waals surface area contributed by atoms with Crippen molar-refractivity contribution >= 4 is 52.3 Å². The minimum absolute atomic E-state index is 0.0629. The Kier molecular flexibility index (Phi) is 6.07. The summed E-state index contributed by atoms with van der Waals surface area (Å²) >= 11 is 17.9. The lowest BCUT2D eigenvalue weighted by molar-refractivity contribution is -0.121. The Balaban J connectivity index is 1.57. The summed E-state index contributed by atoms with van der Waals surface area (Å²) < 4.78 is 0. The number of nitrogens with one attached hydrogen (secondary N) is 1. The van der Waals surface area contributed by atoms with Gasteiger partial charge in [0.15, 0.2) is 0 Å². The van der Waals surface area contributed by atoms with Crippen molar-refractivity contribution in [1.29, 1.82) is 0 Å².